The van der Waals surface area contributed by atoms with Gasteiger partial charge >= 0.3 is 0 Å². The fourth-order valence-electron chi connectivity index (χ4n) is 4.12. The second-order valence-corrected chi connectivity index (χ2v) is 5.64. The van der Waals surface area contributed by atoms with Crippen LogP contribution in [-0.2, 0) is 4.79 Å². The van der Waals surface area contributed by atoms with Crippen molar-refractivity contribution in [3.63, 3.8) is 0 Å². The molecule has 1 aliphatic heterocycles. The summed E-state index contributed by atoms with van der Waals surface area (Å²) in [6.07, 6.45) is 3.43. The fraction of sp³-hybridized carbons (Fsp3) is 0.533. The van der Waals surface area contributed by atoms with Crippen LogP contribution in [0.1, 0.15) is 12.8 Å². The molecule has 4 bridgehead atoms. The Morgan fingerprint density at radius 1 is 1.32 bits per heavy atom. The molecular formula is C15H15N3O. The molecule has 4 aliphatic rings. The highest BCUT2D eigenvalue weighted by Crippen LogP contribution is 2.53. The lowest BCUT2D eigenvalue weighted by Crippen LogP contribution is -2.56. The van der Waals surface area contributed by atoms with E-state index < -0.39 is 0 Å². The van der Waals surface area contributed by atoms with Crippen LogP contribution in [0.4, 0.5) is 0 Å². The third-order valence-electron chi connectivity index (χ3n) is 4.77. The number of carbonyl (C=O) groups excluding carboxylic acids is 1. The third-order valence-corrected chi connectivity index (χ3v) is 4.77. The first-order valence-electron chi connectivity index (χ1n) is 6.65. The lowest BCUT2D eigenvalue weighted by Gasteiger charge is -2.52. The maximum atomic E-state index is 12.4. The van der Waals surface area contributed by atoms with E-state index in [0.717, 1.165) is 12.8 Å². The highest BCUT2D eigenvalue weighted by Gasteiger charge is 2.54. The Morgan fingerprint density at radius 3 is 2.68 bits per heavy atom. The number of hydrogen-bond donors (Lipinski definition) is 0. The van der Waals surface area contributed by atoms with Crippen LogP contribution >= 0.6 is 0 Å². The summed E-state index contributed by atoms with van der Waals surface area (Å²) in [5.74, 6) is 0.487. The zero-order valence-electron chi connectivity index (χ0n) is 10.7. The number of nitrogens with zero attached hydrogens (tertiary/aromatic N) is 3. The van der Waals surface area contributed by atoms with Gasteiger partial charge in [0.1, 0.15) is 0 Å². The molecule has 4 rings (SSSR count). The summed E-state index contributed by atoms with van der Waals surface area (Å²) in [6, 6.07) is 4.39. The van der Waals surface area contributed by atoms with Gasteiger partial charge < -0.3 is 4.90 Å². The van der Waals surface area contributed by atoms with Gasteiger partial charge in [-0.3, -0.25) is 4.79 Å². The molecule has 2 fully saturated rings. The molecule has 0 radical (unpaired) electrons. The Bertz CT molecular complexity index is 563. The molecule has 0 N–H and O–H groups in total. The van der Waals surface area contributed by atoms with Crippen LogP contribution < -0.4 is 0 Å². The number of rotatable bonds is 2. The van der Waals surface area contributed by atoms with Crippen LogP contribution in [0, 0.1) is 46.3 Å². The average molecular weight is 253 g/mol. The smallest absolute Gasteiger partial charge is 0.226 e. The van der Waals surface area contributed by atoms with E-state index in [0.29, 0.717) is 30.2 Å². The molecule has 1 amide bonds. The molecule has 0 aromatic rings. The molecule has 4 atom stereocenters. The minimum absolute atomic E-state index is 0.0155. The highest BCUT2D eigenvalue weighted by atomic mass is 16.2. The average Bonchev–Trinajstić information content (AvgIpc) is 2.43. The first-order valence-corrected chi connectivity index (χ1v) is 6.65. The lowest BCUT2D eigenvalue weighted by molar-refractivity contribution is -0.147. The van der Waals surface area contributed by atoms with Gasteiger partial charge in [0, 0.05) is 36.1 Å². The summed E-state index contributed by atoms with van der Waals surface area (Å²) < 4.78 is 0. The Hall–Kier alpha value is -2.07. The van der Waals surface area contributed by atoms with Gasteiger partial charge in [-0.15, -0.1) is 6.58 Å². The Labute approximate surface area is 112 Å². The monoisotopic (exact) mass is 253 g/mol. The molecule has 4 heteroatoms. The van der Waals surface area contributed by atoms with Crippen molar-refractivity contribution in [3.8, 4) is 12.1 Å². The first-order chi connectivity index (χ1) is 9.21. The molecular weight excluding hydrogens is 238 g/mol. The van der Waals surface area contributed by atoms with Crippen molar-refractivity contribution in [1.29, 1.82) is 10.5 Å². The Kier molecular flexibility index (Phi) is 2.68. The van der Waals surface area contributed by atoms with Crippen molar-refractivity contribution in [2.45, 2.75) is 12.8 Å². The number of allylic oxidation sites excluding steroid dienone is 2. The second-order valence-electron chi connectivity index (χ2n) is 5.64. The minimum Gasteiger partial charge on any atom is -0.338 e. The summed E-state index contributed by atoms with van der Waals surface area (Å²) >= 11 is 0. The van der Waals surface area contributed by atoms with Crippen molar-refractivity contribution in [2.75, 3.05) is 13.1 Å². The number of likely N-dealkylation sites (tertiary alicyclic amines) is 1. The fourth-order valence-corrected chi connectivity index (χ4v) is 4.12. The van der Waals surface area contributed by atoms with E-state index >= 15 is 0 Å². The highest BCUT2D eigenvalue weighted by molar-refractivity contribution is 5.82. The molecule has 96 valence electrons. The van der Waals surface area contributed by atoms with Crippen LogP contribution in [0.3, 0.4) is 0 Å². The van der Waals surface area contributed by atoms with Crippen molar-refractivity contribution >= 4 is 5.91 Å². The summed E-state index contributed by atoms with van der Waals surface area (Å²) in [5, 5.41) is 18.5. The van der Waals surface area contributed by atoms with E-state index in [1.54, 1.807) is 6.08 Å². The first kappa shape index (κ1) is 12.0. The number of nitriles is 2. The normalized spacial score (nSPS) is 35.9. The Morgan fingerprint density at radius 2 is 2.05 bits per heavy atom. The van der Waals surface area contributed by atoms with Crippen LogP contribution in [-0.4, -0.2) is 23.9 Å². The molecule has 0 aromatic carbocycles. The largest absolute Gasteiger partial charge is 0.338 e. The Balaban J connectivity index is 2.00. The number of carbonyl (C=O) groups is 1. The molecule has 4 unspecified atom stereocenters. The summed E-state index contributed by atoms with van der Waals surface area (Å²) in [7, 11) is 0. The van der Waals surface area contributed by atoms with E-state index in [9.17, 15) is 15.3 Å². The molecule has 0 aromatic heterocycles. The van der Waals surface area contributed by atoms with Crippen molar-refractivity contribution in [1.82, 2.24) is 4.90 Å². The van der Waals surface area contributed by atoms with Gasteiger partial charge in [0.15, 0.2) is 0 Å². The van der Waals surface area contributed by atoms with Crippen molar-refractivity contribution in [3.05, 3.63) is 23.8 Å². The summed E-state index contributed by atoms with van der Waals surface area (Å²) in [6.45, 7) is 4.97. The number of piperidine rings is 1. The van der Waals surface area contributed by atoms with Crippen molar-refractivity contribution in [2.24, 2.45) is 23.7 Å². The maximum absolute atomic E-state index is 12.4. The minimum atomic E-state index is -0.0933. The van der Waals surface area contributed by atoms with Gasteiger partial charge in [-0.05, 0) is 24.7 Å². The molecule has 0 spiro atoms. The van der Waals surface area contributed by atoms with E-state index in [1.807, 2.05) is 4.90 Å². The van der Waals surface area contributed by atoms with E-state index in [4.69, 9.17) is 0 Å². The predicted octanol–water partition coefficient (Wildman–Crippen LogP) is 1.63. The van der Waals surface area contributed by atoms with Gasteiger partial charge in [-0.2, -0.15) is 10.5 Å². The second kappa shape index (κ2) is 4.24. The quantitative estimate of drug-likeness (QED) is 0.702. The van der Waals surface area contributed by atoms with E-state index in [1.165, 1.54) is 0 Å². The SMILES string of the molecule is C=CCN1CC2CC3CC(C1=O)C2C(C#N)=C3C#N. The molecule has 3 aliphatic carbocycles. The lowest BCUT2D eigenvalue weighted by atomic mass is 9.55. The van der Waals surface area contributed by atoms with Gasteiger partial charge in [-0.25, -0.2) is 0 Å². The topological polar surface area (TPSA) is 67.9 Å². The van der Waals surface area contributed by atoms with Gasteiger partial charge in [0.05, 0.1) is 12.1 Å². The predicted molar refractivity (Wildman–Crippen MR) is 68.2 cm³/mol. The summed E-state index contributed by atoms with van der Waals surface area (Å²) in [5.41, 5.74) is 1.23. The maximum Gasteiger partial charge on any atom is 0.226 e. The van der Waals surface area contributed by atoms with Crippen molar-refractivity contribution < 1.29 is 4.79 Å². The van der Waals surface area contributed by atoms with Gasteiger partial charge in [0.25, 0.3) is 0 Å². The third kappa shape index (κ3) is 1.53. The van der Waals surface area contributed by atoms with Crippen LogP contribution in [0.2, 0.25) is 0 Å². The van der Waals surface area contributed by atoms with Crippen LogP contribution in [0.5, 0.6) is 0 Å². The molecule has 1 saturated heterocycles. The zero-order chi connectivity index (χ0) is 13.6. The standard InChI is InChI=1S/C15H15N3O/c1-2-3-18-8-10-4-9-5-11(15(18)19)14(10)13(7-17)12(9)6-16/h2,9-11,14H,1,3-5,8H2. The van der Waals surface area contributed by atoms with Crippen LogP contribution in [0.15, 0.2) is 23.8 Å². The molecule has 19 heavy (non-hydrogen) atoms. The zero-order valence-corrected chi connectivity index (χ0v) is 10.7. The van der Waals surface area contributed by atoms with E-state index in [-0.39, 0.29) is 23.7 Å². The number of amides is 1. The van der Waals surface area contributed by atoms with Gasteiger partial charge in [-0.1, -0.05) is 6.08 Å². The molecule has 1 heterocycles. The van der Waals surface area contributed by atoms with E-state index in [2.05, 4.69) is 18.7 Å². The molecule has 4 nitrogen and oxygen atoms in total. The molecule has 1 saturated carbocycles. The summed E-state index contributed by atoms with van der Waals surface area (Å²) in [4.78, 5) is 14.3. The van der Waals surface area contributed by atoms with Crippen LogP contribution in [0.25, 0.3) is 0 Å². The van der Waals surface area contributed by atoms with Gasteiger partial charge in [0.2, 0.25) is 5.91 Å². The number of hydrogen-bond acceptors (Lipinski definition) is 3.